The van der Waals surface area contributed by atoms with E-state index < -0.39 is 29.5 Å². The van der Waals surface area contributed by atoms with Gasteiger partial charge in [-0.2, -0.15) is 10.5 Å². The van der Waals surface area contributed by atoms with E-state index in [-0.39, 0.29) is 19.8 Å². The highest BCUT2D eigenvalue weighted by molar-refractivity contribution is 7.99. The van der Waals surface area contributed by atoms with Gasteiger partial charge in [0.1, 0.15) is 12.1 Å². The molecule has 136 valence electrons. The smallest absolute Gasteiger partial charge is 0.258 e. The number of rotatable bonds is 6. The molecule has 0 amide bonds. The number of hydrogen-bond donors (Lipinski definition) is 0. The minimum absolute atomic E-state index is 0.144. The lowest BCUT2D eigenvalue weighted by Crippen LogP contribution is -2.04. The van der Waals surface area contributed by atoms with Gasteiger partial charge >= 0.3 is 10.0 Å². The Morgan fingerprint density at radius 1 is 0.889 bits per heavy atom. The van der Waals surface area contributed by atoms with Crippen LogP contribution in [0.5, 0.6) is 0 Å². The maximum Gasteiger partial charge on any atom is 0.324 e. The molecule has 0 saturated carbocycles. The molecule has 0 aliphatic carbocycles. The minimum atomic E-state index is -4.51. The van der Waals surface area contributed by atoms with Crippen LogP contribution < -0.4 is 0 Å². The third-order valence-corrected chi connectivity index (χ3v) is 6.48. The van der Waals surface area contributed by atoms with Crippen molar-refractivity contribution in [2.45, 2.75) is 0 Å². The van der Waals surface area contributed by atoms with Gasteiger partial charge in [0.2, 0.25) is 9.84 Å². The summed E-state index contributed by atoms with van der Waals surface area (Å²) < 4.78 is 25.1. The molecule has 0 atom stereocenters. The zero-order valence-electron chi connectivity index (χ0n) is 12.9. The fourth-order valence-electron chi connectivity index (χ4n) is 1.75. The van der Waals surface area contributed by atoms with Crippen LogP contribution in [0.25, 0.3) is 12.2 Å². The van der Waals surface area contributed by atoms with Gasteiger partial charge in [-0.25, -0.2) is 8.42 Å². The van der Waals surface area contributed by atoms with E-state index in [0.29, 0.717) is 22.7 Å². The number of nitro groups is 2. The molecule has 2 heterocycles. The van der Waals surface area contributed by atoms with E-state index in [1.165, 1.54) is 24.3 Å². The quantitative estimate of drug-likeness (QED) is 0.387. The topological polar surface area (TPSA) is 168 Å². The van der Waals surface area contributed by atoms with E-state index in [0.717, 1.165) is 24.3 Å². The van der Waals surface area contributed by atoms with Gasteiger partial charge < -0.3 is 0 Å². The summed E-state index contributed by atoms with van der Waals surface area (Å²) in [5, 5.41) is 39.3. The van der Waals surface area contributed by atoms with Crippen molar-refractivity contribution in [3.05, 3.63) is 64.1 Å². The number of hydrogen-bond acceptors (Lipinski definition) is 10. The average Bonchev–Trinajstić information content (AvgIpc) is 3.26. The number of allylic oxidation sites excluding steroid dienone is 2. The molecule has 0 N–H and O–H groups in total. The Bertz CT molecular complexity index is 1090. The molecule has 2 aromatic heterocycles. The van der Waals surface area contributed by atoms with Gasteiger partial charge in [0, 0.05) is 21.9 Å². The van der Waals surface area contributed by atoms with Gasteiger partial charge in [0.15, 0.2) is 9.81 Å². The Morgan fingerprint density at radius 3 is 1.52 bits per heavy atom. The number of nitrogens with zero attached hydrogens (tertiary/aromatic N) is 4. The predicted octanol–water partition coefficient (Wildman–Crippen LogP) is 3.47. The number of thiophene rings is 2. The van der Waals surface area contributed by atoms with E-state index >= 15 is 0 Å². The third-order valence-electron chi connectivity index (χ3n) is 2.93. The first kappa shape index (κ1) is 19.9. The fourth-order valence-corrected chi connectivity index (χ4v) is 4.47. The van der Waals surface area contributed by atoms with Gasteiger partial charge in [-0.05, 0) is 24.3 Å². The monoisotopic (exact) mass is 422 g/mol. The second-order valence-electron chi connectivity index (χ2n) is 4.61. The first-order valence-corrected chi connectivity index (χ1v) is 9.78. The zero-order chi connectivity index (χ0) is 20.2. The maximum atomic E-state index is 12.5. The highest BCUT2D eigenvalue weighted by Gasteiger charge is 2.25. The van der Waals surface area contributed by atoms with Crippen LogP contribution in [0.2, 0.25) is 0 Å². The van der Waals surface area contributed by atoms with Crippen LogP contribution in [-0.2, 0) is 9.84 Å². The van der Waals surface area contributed by atoms with Crippen LogP contribution in [0.15, 0.2) is 34.1 Å². The maximum absolute atomic E-state index is 12.5. The first-order valence-electron chi connectivity index (χ1n) is 6.66. The van der Waals surface area contributed by atoms with E-state index in [4.69, 9.17) is 0 Å². The second kappa shape index (κ2) is 7.88. The normalized spacial score (nSPS) is 12.2. The van der Waals surface area contributed by atoms with Crippen molar-refractivity contribution in [3.63, 3.8) is 0 Å². The van der Waals surface area contributed by atoms with E-state index in [2.05, 4.69) is 0 Å². The molecule has 0 radical (unpaired) electrons. The molecule has 2 aromatic rings. The van der Waals surface area contributed by atoms with Crippen LogP contribution in [0.1, 0.15) is 9.75 Å². The molecule has 0 spiro atoms. The van der Waals surface area contributed by atoms with E-state index in [1.54, 1.807) is 0 Å². The van der Waals surface area contributed by atoms with Crippen LogP contribution in [0, 0.1) is 42.9 Å². The van der Waals surface area contributed by atoms with Crippen molar-refractivity contribution in [2.24, 2.45) is 0 Å². The van der Waals surface area contributed by atoms with Crippen LogP contribution in [0.3, 0.4) is 0 Å². The molecule has 0 aliphatic rings. The molecule has 0 bridgehead atoms. The first-order chi connectivity index (χ1) is 12.7. The Labute approximate surface area is 159 Å². The standard InChI is InChI=1S/C14H6N4O6S3/c15-7-11(5-9-1-3-13(25-9)17(19)20)27(23,24)12(8-16)6-10-2-4-14(26-10)18(21)22/h1-6H. The van der Waals surface area contributed by atoms with Crippen molar-refractivity contribution in [1.82, 2.24) is 0 Å². The largest absolute Gasteiger partial charge is 0.324 e. The SMILES string of the molecule is N#CC(=Cc1ccc([N+](=O)[O-])s1)S(=O)(=O)C(C#N)=Cc1ccc([N+](=O)[O-])s1. The zero-order valence-corrected chi connectivity index (χ0v) is 15.4. The summed E-state index contributed by atoms with van der Waals surface area (Å²) in [7, 11) is -4.51. The molecule has 0 saturated heterocycles. The van der Waals surface area contributed by atoms with Gasteiger partial charge in [-0.1, -0.05) is 22.7 Å². The van der Waals surface area contributed by atoms with Crippen LogP contribution in [0.4, 0.5) is 10.0 Å². The average molecular weight is 422 g/mol. The van der Waals surface area contributed by atoms with Gasteiger partial charge in [0.05, 0.1) is 9.85 Å². The Balaban J connectivity index is 2.47. The van der Waals surface area contributed by atoms with Crippen molar-refractivity contribution in [2.75, 3.05) is 0 Å². The van der Waals surface area contributed by atoms with E-state index in [9.17, 15) is 39.2 Å². The highest BCUT2D eigenvalue weighted by Crippen LogP contribution is 2.30. The number of nitriles is 2. The molecule has 0 unspecified atom stereocenters. The Kier molecular flexibility index (Phi) is 5.81. The number of sulfone groups is 1. The summed E-state index contributed by atoms with van der Waals surface area (Å²) in [4.78, 5) is 18.8. The van der Waals surface area contributed by atoms with Crippen molar-refractivity contribution < 1.29 is 18.3 Å². The second-order valence-corrected chi connectivity index (χ2v) is 8.68. The summed E-state index contributed by atoms with van der Waals surface area (Å²) in [6.07, 6.45) is 1.85. The lowest BCUT2D eigenvalue weighted by atomic mass is 10.4. The van der Waals surface area contributed by atoms with Crippen LogP contribution >= 0.6 is 22.7 Å². The summed E-state index contributed by atoms with van der Waals surface area (Å²) in [6, 6.07) is 7.79. The van der Waals surface area contributed by atoms with Crippen LogP contribution in [-0.4, -0.2) is 18.3 Å². The summed E-state index contributed by atoms with van der Waals surface area (Å²) in [6.45, 7) is 0. The Hall–Kier alpha value is -3.39. The molecular weight excluding hydrogens is 416 g/mol. The Morgan fingerprint density at radius 2 is 1.26 bits per heavy atom. The van der Waals surface area contributed by atoms with Crippen molar-refractivity contribution in [1.29, 1.82) is 10.5 Å². The highest BCUT2D eigenvalue weighted by atomic mass is 32.2. The predicted molar refractivity (Wildman–Crippen MR) is 98.0 cm³/mol. The molecular formula is C14H6N4O6S3. The molecule has 13 heteroatoms. The lowest BCUT2D eigenvalue weighted by molar-refractivity contribution is -0.380. The molecule has 0 aliphatic heterocycles. The molecule has 0 fully saturated rings. The van der Waals surface area contributed by atoms with Gasteiger partial charge in [-0.15, -0.1) is 0 Å². The molecule has 2 rings (SSSR count). The summed E-state index contributed by atoms with van der Waals surface area (Å²) in [5.41, 5.74) is 0. The molecule has 27 heavy (non-hydrogen) atoms. The summed E-state index contributed by atoms with van der Waals surface area (Å²) >= 11 is 1.33. The lowest BCUT2D eigenvalue weighted by Gasteiger charge is -2.00. The fraction of sp³-hybridized carbons (Fsp3) is 0. The van der Waals surface area contributed by atoms with Gasteiger partial charge in [0.25, 0.3) is 0 Å². The van der Waals surface area contributed by atoms with Crippen molar-refractivity contribution in [3.8, 4) is 12.1 Å². The molecule has 0 aromatic carbocycles. The van der Waals surface area contributed by atoms with Crippen molar-refractivity contribution >= 4 is 54.7 Å². The third kappa shape index (κ3) is 4.42. The minimum Gasteiger partial charge on any atom is -0.258 e. The van der Waals surface area contributed by atoms with Gasteiger partial charge in [-0.3, -0.25) is 20.2 Å². The summed E-state index contributed by atoms with van der Waals surface area (Å²) in [5.74, 6) is 0. The molecule has 10 nitrogen and oxygen atoms in total. The van der Waals surface area contributed by atoms with E-state index in [1.807, 2.05) is 0 Å².